The van der Waals surface area contributed by atoms with Crippen LogP contribution in [0.25, 0.3) is 0 Å². The zero-order chi connectivity index (χ0) is 10.8. The van der Waals surface area contributed by atoms with E-state index in [0.717, 1.165) is 0 Å². The Kier molecular flexibility index (Phi) is 2.78. The molecule has 1 aromatic carbocycles. The van der Waals surface area contributed by atoms with Gasteiger partial charge in [-0.15, -0.1) is 0 Å². The third-order valence-corrected chi connectivity index (χ3v) is 1.62. The average Bonchev–Trinajstić information content (AvgIpc) is 2.01. The number of nitrogen functional groups attached to an aromatic ring is 1. The Balaban J connectivity index is 2.86. The molecule has 0 bridgehead atoms. The number of para-hydroxylation sites is 1. The zero-order valence-electron chi connectivity index (χ0n) is 7.14. The molecule has 0 spiro atoms. The summed E-state index contributed by atoms with van der Waals surface area (Å²) in [6.45, 7) is 0. The number of benzene rings is 1. The number of halogens is 3. The SMILES string of the molecule is Nc1ccccc1C(=O)CC(F)(F)F. The Morgan fingerprint density at radius 2 is 1.86 bits per heavy atom. The number of nitrogens with two attached hydrogens (primary N) is 1. The largest absolute Gasteiger partial charge is 0.398 e. The fourth-order valence-corrected chi connectivity index (χ4v) is 1.03. The summed E-state index contributed by atoms with van der Waals surface area (Å²) in [7, 11) is 0. The van der Waals surface area contributed by atoms with Crippen LogP contribution in [0.5, 0.6) is 0 Å². The summed E-state index contributed by atoms with van der Waals surface area (Å²) < 4.78 is 35.6. The van der Waals surface area contributed by atoms with Gasteiger partial charge in [-0.2, -0.15) is 13.2 Å². The van der Waals surface area contributed by atoms with Crippen LogP contribution in [-0.2, 0) is 0 Å². The van der Waals surface area contributed by atoms with Gasteiger partial charge in [0.05, 0.1) is 0 Å². The van der Waals surface area contributed by atoms with Crippen molar-refractivity contribution in [2.24, 2.45) is 0 Å². The quantitative estimate of drug-likeness (QED) is 0.592. The molecule has 0 saturated heterocycles. The van der Waals surface area contributed by atoms with E-state index in [1.807, 2.05) is 0 Å². The van der Waals surface area contributed by atoms with Gasteiger partial charge in [0, 0.05) is 11.3 Å². The van der Waals surface area contributed by atoms with Gasteiger partial charge >= 0.3 is 6.18 Å². The summed E-state index contributed by atoms with van der Waals surface area (Å²) in [6, 6.07) is 5.70. The van der Waals surface area contributed by atoms with Crippen molar-refractivity contribution < 1.29 is 18.0 Å². The van der Waals surface area contributed by atoms with Crippen molar-refractivity contribution in [2.75, 3.05) is 5.73 Å². The van der Waals surface area contributed by atoms with E-state index in [1.165, 1.54) is 18.2 Å². The first kappa shape index (κ1) is 10.6. The van der Waals surface area contributed by atoms with Crippen molar-refractivity contribution in [3.63, 3.8) is 0 Å². The van der Waals surface area contributed by atoms with Crippen LogP contribution >= 0.6 is 0 Å². The topological polar surface area (TPSA) is 43.1 Å². The van der Waals surface area contributed by atoms with E-state index in [4.69, 9.17) is 5.73 Å². The normalized spacial score (nSPS) is 11.4. The van der Waals surface area contributed by atoms with E-state index in [1.54, 1.807) is 6.07 Å². The Labute approximate surface area is 78.5 Å². The van der Waals surface area contributed by atoms with Gasteiger partial charge in [-0.3, -0.25) is 4.79 Å². The fraction of sp³-hybridized carbons (Fsp3) is 0.222. The number of hydrogen-bond donors (Lipinski definition) is 1. The predicted molar refractivity (Wildman–Crippen MR) is 45.9 cm³/mol. The van der Waals surface area contributed by atoms with E-state index >= 15 is 0 Å². The maximum absolute atomic E-state index is 11.9. The molecule has 0 unspecified atom stereocenters. The summed E-state index contributed by atoms with van der Waals surface area (Å²) in [5.74, 6) is -1.00. The van der Waals surface area contributed by atoms with Gasteiger partial charge in [-0.05, 0) is 12.1 Å². The number of carbonyl (C=O) groups excluding carboxylic acids is 1. The van der Waals surface area contributed by atoms with Gasteiger partial charge in [0.25, 0.3) is 0 Å². The van der Waals surface area contributed by atoms with Crippen LogP contribution in [0.15, 0.2) is 24.3 Å². The lowest BCUT2D eigenvalue weighted by molar-refractivity contribution is -0.125. The van der Waals surface area contributed by atoms with E-state index in [-0.39, 0.29) is 11.3 Å². The van der Waals surface area contributed by atoms with Crippen LogP contribution in [0.3, 0.4) is 0 Å². The Morgan fingerprint density at radius 1 is 1.29 bits per heavy atom. The van der Waals surface area contributed by atoms with Crippen LogP contribution in [0.2, 0.25) is 0 Å². The van der Waals surface area contributed by atoms with Gasteiger partial charge in [0.2, 0.25) is 0 Å². The number of carbonyl (C=O) groups is 1. The smallest absolute Gasteiger partial charge is 0.396 e. The first-order valence-electron chi connectivity index (χ1n) is 3.84. The van der Waals surface area contributed by atoms with Gasteiger partial charge in [-0.25, -0.2) is 0 Å². The first-order valence-corrected chi connectivity index (χ1v) is 3.84. The average molecular weight is 203 g/mol. The molecular formula is C9H8F3NO. The first-order chi connectivity index (χ1) is 6.40. The number of alkyl halides is 3. The molecule has 14 heavy (non-hydrogen) atoms. The standard InChI is InChI=1S/C9H8F3NO/c10-9(11,12)5-8(14)6-3-1-2-4-7(6)13/h1-4H,5,13H2. The highest BCUT2D eigenvalue weighted by atomic mass is 19.4. The lowest BCUT2D eigenvalue weighted by Gasteiger charge is -2.06. The highest BCUT2D eigenvalue weighted by Gasteiger charge is 2.32. The van der Waals surface area contributed by atoms with Crippen molar-refractivity contribution in [1.29, 1.82) is 0 Å². The molecule has 0 amide bonds. The summed E-state index contributed by atoms with van der Waals surface area (Å²) >= 11 is 0. The van der Waals surface area contributed by atoms with Crippen LogP contribution in [-0.4, -0.2) is 12.0 Å². The zero-order valence-corrected chi connectivity index (χ0v) is 7.14. The van der Waals surface area contributed by atoms with Crippen LogP contribution in [0, 0.1) is 0 Å². The molecule has 2 N–H and O–H groups in total. The lowest BCUT2D eigenvalue weighted by Crippen LogP contribution is -2.16. The van der Waals surface area contributed by atoms with E-state index in [9.17, 15) is 18.0 Å². The summed E-state index contributed by atoms with van der Waals surface area (Å²) in [4.78, 5) is 11.1. The molecule has 0 atom stereocenters. The predicted octanol–water partition coefficient (Wildman–Crippen LogP) is 2.40. The summed E-state index contributed by atoms with van der Waals surface area (Å²) in [5, 5.41) is 0. The lowest BCUT2D eigenvalue weighted by atomic mass is 10.1. The molecule has 0 aromatic heterocycles. The maximum atomic E-state index is 11.9. The van der Waals surface area contributed by atoms with Gasteiger partial charge < -0.3 is 5.73 Å². The van der Waals surface area contributed by atoms with Crippen LogP contribution < -0.4 is 5.73 Å². The number of rotatable bonds is 2. The van der Waals surface area contributed by atoms with Gasteiger partial charge in [-0.1, -0.05) is 12.1 Å². The second-order valence-corrected chi connectivity index (χ2v) is 2.80. The van der Waals surface area contributed by atoms with Crippen molar-refractivity contribution in [3.05, 3.63) is 29.8 Å². The molecule has 0 heterocycles. The summed E-state index contributed by atoms with van der Waals surface area (Å²) in [6.07, 6.45) is -5.96. The van der Waals surface area contributed by atoms with E-state index < -0.39 is 18.4 Å². The number of anilines is 1. The molecule has 0 aliphatic rings. The Bertz CT molecular complexity index is 346. The fourth-order valence-electron chi connectivity index (χ4n) is 1.03. The Hall–Kier alpha value is -1.52. The molecular weight excluding hydrogens is 195 g/mol. The van der Waals surface area contributed by atoms with Crippen molar-refractivity contribution >= 4 is 11.5 Å². The molecule has 1 rings (SSSR count). The molecule has 0 aliphatic heterocycles. The third kappa shape index (κ3) is 2.76. The Morgan fingerprint density at radius 3 is 2.36 bits per heavy atom. The van der Waals surface area contributed by atoms with Crippen LogP contribution in [0.1, 0.15) is 16.8 Å². The van der Waals surface area contributed by atoms with Crippen molar-refractivity contribution in [2.45, 2.75) is 12.6 Å². The third-order valence-electron chi connectivity index (χ3n) is 1.62. The van der Waals surface area contributed by atoms with E-state index in [2.05, 4.69) is 0 Å². The van der Waals surface area contributed by atoms with Gasteiger partial charge in [0.15, 0.2) is 5.78 Å². The van der Waals surface area contributed by atoms with E-state index in [0.29, 0.717) is 0 Å². The van der Waals surface area contributed by atoms with Crippen molar-refractivity contribution in [3.8, 4) is 0 Å². The molecule has 5 heteroatoms. The van der Waals surface area contributed by atoms with Gasteiger partial charge in [0.1, 0.15) is 6.42 Å². The molecule has 0 radical (unpaired) electrons. The molecule has 1 aromatic rings. The molecule has 2 nitrogen and oxygen atoms in total. The maximum Gasteiger partial charge on any atom is 0.396 e. The second-order valence-electron chi connectivity index (χ2n) is 2.80. The molecule has 76 valence electrons. The minimum atomic E-state index is -4.49. The number of hydrogen-bond acceptors (Lipinski definition) is 2. The summed E-state index contributed by atoms with van der Waals surface area (Å²) in [5.41, 5.74) is 5.34. The van der Waals surface area contributed by atoms with Crippen LogP contribution in [0.4, 0.5) is 18.9 Å². The molecule has 0 aliphatic carbocycles. The highest BCUT2D eigenvalue weighted by molar-refractivity contribution is 6.00. The van der Waals surface area contributed by atoms with Crippen molar-refractivity contribution in [1.82, 2.24) is 0 Å². The monoisotopic (exact) mass is 203 g/mol. The second kappa shape index (κ2) is 3.69. The minimum Gasteiger partial charge on any atom is -0.398 e. The number of ketones is 1. The molecule has 0 saturated carbocycles. The highest BCUT2D eigenvalue weighted by Crippen LogP contribution is 2.23. The number of Topliss-reactive ketones (excluding diaryl/α,β-unsaturated/α-hetero) is 1. The molecule has 0 fully saturated rings. The minimum absolute atomic E-state index is 0.0711.